The lowest BCUT2D eigenvalue weighted by Gasteiger charge is -2.35. The molecule has 39 heavy (non-hydrogen) atoms. The monoisotopic (exact) mass is 531 g/mol. The van der Waals surface area contributed by atoms with E-state index in [2.05, 4.69) is 60.5 Å². The molecule has 0 saturated carbocycles. The predicted octanol–water partition coefficient (Wildman–Crippen LogP) is 4.44. The van der Waals surface area contributed by atoms with E-state index in [1.54, 1.807) is 6.08 Å². The third kappa shape index (κ3) is 10.2. The number of hydrogen-bond acceptors (Lipinski definition) is 5. The van der Waals surface area contributed by atoms with Crippen molar-refractivity contribution in [1.82, 2.24) is 9.80 Å². The zero-order valence-electron chi connectivity index (χ0n) is 23.9. The number of benzene rings is 3. The number of hydrogen-bond donors (Lipinski definition) is 2. The fraction of sp³-hybridized carbons (Fsp3) is 0.424. The van der Waals surface area contributed by atoms with Crippen molar-refractivity contribution >= 4 is 16.7 Å². The van der Waals surface area contributed by atoms with E-state index in [4.69, 9.17) is 10.5 Å². The highest BCUT2D eigenvalue weighted by Crippen LogP contribution is 2.19. The molecule has 0 fully saturated rings. The number of likely N-dealkylation sites (N-methyl/N-ethyl adjacent to an activating group) is 2. The molecule has 210 valence electrons. The number of rotatable bonds is 15. The summed E-state index contributed by atoms with van der Waals surface area (Å²) in [5.74, 6) is -0.0328. The molecule has 6 heteroatoms. The maximum absolute atomic E-state index is 13.3. The van der Waals surface area contributed by atoms with Gasteiger partial charge in [-0.25, -0.2) is 0 Å². The summed E-state index contributed by atoms with van der Waals surface area (Å²) >= 11 is 0. The molecule has 6 nitrogen and oxygen atoms in total. The van der Waals surface area contributed by atoms with Crippen molar-refractivity contribution in [3.8, 4) is 0 Å². The second kappa shape index (κ2) is 14.9. The number of aliphatic hydroxyl groups is 1. The molecule has 0 saturated heterocycles. The van der Waals surface area contributed by atoms with Crippen molar-refractivity contribution < 1.29 is 14.6 Å². The second-order valence-electron chi connectivity index (χ2n) is 11.2. The number of ether oxygens (including phenoxy) is 1. The van der Waals surface area contributed by atoms with Crippen LogP contribution in [-0.2, 0) is 22.4 Å². The van der Waals surface area contributed by atoms with Gasteiger partial charge in [-0.2, -0.15) is 0 Å². The van der Waals surface area contributed by atoms with Gasteiger partial charge in [0.15, 0.2) is 0 Å². The van der Waals surface area contributed by atoms with Crippen molar-refractivity contribution in [1.29, 1.82) is 0 Å². The van der Waals surface area contributed by atoms with Gasteiger partial charge in [0.2, 0.25) is 5.91 Å². The Morgan fingerprint density at radius 2 is 1.62 bits per heavy atom. The lowest BCUT2D eigenvalue weighted by Crippen LogP contribution is -2.49. The van der Waals surface area contributed by atoms with Gasteiger partial charge < -0.3 is 20.5 Å². The smallest absolute Gasteiger partial charge is 0.246 e. The quantitative estimate of drug-likeness (QED) is 0.224. The number of nitrogens with zero attached hydrogens (tertiary/aromatic N) is 2. The van der Waals surface area contributed by atoms with Crippen LogP contribution in [0.4, 0.5) is 0 Å². The minimum Gasteiger partial charge on any atom is -0.394 e. The van der Waals surface area contributed by atoms with Crippen molar-refractivity contribution in [2.24, 2.45) is 5.73 Å². The molecule has 0 aromatic heterocycles. The van der Waals surface area contributed by atoms with Gasteiger partial charge >= 0.3 is 0 Å². The van der Waals surface area contributed by atoms with Crippen LogP contribution in [0.3, 0.4) is 0 Å². The first-order valence-electron chi connectivity index (χ1n) is 13.8. The third-order valence-electron chi connectivity index (χ3n) is 7.07. The summed E-state index contributed by atoms with van der Waals surface area (Å²) in [5, 5.41) is 11.6. The van der Waals surface area contributed by atoms with Gasteiger partial charge in [-0.05, 0) is 68.1 Å². The van der Waals surface area contributed by atoms with Crippen LogP contribution in [0.2, 0.25) is 0 Å². The Morgan fingerprint density at radius 1 is 0.949 bits per heavy atom. The summed E-state index contributed by atoms with van der Waals surface area (Å²) < 4.78 is 5.78. The molecule has 0 aliphatic heterocycles. The van der Waals surface area contributed by atoms with Gasteiger partial charge in [0, 0.05) is 31.2 Å². The van der Waals surface area contributed by atoms with E-state index < -0.39 is 0 Å². The maximum Gasteiger partial charge on any atom is 0.246 e. The number of nitrogens with two attached hydrogens (primary N) is 1. The maximum atomic E-state index is 13.3. The van der Waals surface area contributed by atoms with Crippen LogP contribution in [-0.4, -0.2) is 78.9 Å². The van der Waals surface area contributed by atoms with Gasteiger partial charge in [0.1, 0.15) is 0 Å². The Morgan fingerprint density at radius 3 is 2.31 bits per heavy atom. The summed E-state index contributed by atoms with van der Waals surface area (Å²) in [5.41, 5.74) is 8.16. The zero-order valence-corrected chi connectivity index (χ0v) is 23.9. The average molecular weight is 532 g/mol. The van der Waals surface area contributed by atoms with Crippen LogP contribution in [0.25, 0.3) is 10.8 Å². The highest BCUT2D eigenvalue weighted by molar-refractivity contribution is 5.87. The zero-order chi connectivity index (χ0) is 28.3. The third-order valence-corrected chi connectivity index (χ3v) is 7.07. The lowest BCUT2D eigenvalue weighted by atomic mass is 9.99. The van der Waals surface area contributed by atoms with E-state index in [1.807, 2.05) is 56.1 Å². The van der Waals surface area contributed by atoms with Crippen molar-refractivity contribution in [2.75, 3.05) is 40.5 Å². The van der Waals surface area contributed by atoms with E-state index in [0.29, 0.717) is 26.2 Å². The first kappa shape index (κ1) is 30.5. The summed E-state index contributed by atoms with van der Waals surface area (Å²) in [6.45, 7) is 5.38. The van der Waals surface area contributed by atoms with E-state index in [-0.39, 0.29) is 30.1 Å². The molecule has 3 aromatic carbocycles. The number of fused-ring (bicyclic) bond motifs is 1. The molecule has 0 aliphatic rings. The molecule has 2 unspecified atom stereocenters. The highest BCUT2D eigenvalue weighted by atomic mass is 16.5. The second-order valence-corrected chi connectivity index (χ2v) is 11.2. The first-order valence-corrected chi connectivity index (χ1v) is 13.8. The van der Waals surface area contributed by atoms with Gasteiger partial charge in [-0.1, -0.05) is 78.9 Å². The largest absolute Gasteiger partial charge is 0.394 e. The van der Waals surface area contributed by atoms with Crippen LogP contribution in [0.5, 0.6) is 0 Å². The molecule has 1 amide bonds. The standard InChI is InChI=1S/C33H45N3O3/c1-33(2,34)18-10-15-32(38)36(4)30(23-27-16-17-28-13-8-9-14-29(28)21-27)24-35(3)31(25-39-20-19-37)22-26-11-6-5-7-12-26/h5-17,21,30-31,37H,18-20,22-25,34H2,1-4H3/b15-10+. The van der Waals surface area contributed by atoms with Gasteiger partial charge in [-0.15, -0.1) is 0 Å². The lowest BCUT2D eigenvalue weighted by molar-refractivity contribution is -0.127. The Hall–Kier alpha value is -3.03. The minimum absolute atomic E-state index is 0.00442. The predicted molar refractivity (Wildman–Crippen MR) is 161 cm³/mol. The summed E-state index contributed by atoms with van der Waals surface area (Å²) in [4.78, 5) is 17.4. The Bertz CT molecular complexity index is 1190. The van der Waals surface area contributed by atoms with Crippen molar-refractivity contribution in [3.63, 3.8) is 0 Å². The fourth-order valence-electron chi connectivity index (χ4n) is 4.72. The van der Waals surface area contributed by atoms with Crippen LogP contribution in [0, 0.1) is 0 Å². The minimum atomic E-state index is -0.362. The number of carbonyl (C=O) groups is 1. The highest BCUT2D eigenvalue weighted by Gasteiger charge is 2.25. The van der Waals surface area contributed by atoms with Crippen LogP contribution in [0.1, 0.15) is 31.4 Å². The first-order chi connectivity index (χ1) is 18.7. The molecular formula is C33H45N3O3. The van der Waals surface area contributed by atoms with Gasteiger partial charge in [-0.3, -0.25) is 9.69 Å². The normalized spacial score (nSPS) is 13.7. The topological polar surface area (TPSA) is 79.0 Å². The van der Waals surface area contributed by atoms with Crippen LogP contribution in [0.15, 0.2) is 84.9 Å². The molecule has 0 aliphatic carbocycles. The molecule has 0 heterocycles. The van der Waals surface area contributed by atoms with E-state index in [1.165, 1.54) is 21.9 Å². The molecule has 0 radical (unpaired) electrons. The van der Waals surface area contributed by atoms with Gasteiger partial charge in [0.05, 0.1) is 19.8 Å². The molecule has 0 bridgehead atoms. The van der Waals surface area contributed by atoms with Crippen molar-refractivity contribution in [2.45, 2.75) is 50.7 Å². The van der Waals surface area contributed by atoms with Crippen LogP contribution < -0.4 is 5.73 Å². The number of carbonyl (C=O) groups excluding carboxylic acids is 1. The summed E-state index contributed by atoms with van der Waals surface area (Å²) in [6.07, 6.45) is 5.69. The number of aliphatic hydroxyl groups excluding tert-OH is 1. The van der Waals surface area contributed by atoms with Gasteiger partial charge in [0.25, 0.3) is 0 Å². The molecule has 0 spiro atoms. The van der Waals surface area contributed by atoms with E-state index >= 15 is 0 Å². The SMILES string of the molecule is CN(CC(Cc1ccc2ccccc2c1)N(C)C(=O)/C=C/CC(C)(C)N)C(COCCO)Cc1ccccc1. The summed E-state index contributed by atoms with van der Waals surface area (Å²) in [7, 11) is 3.97. The molecule has 3 aromatic rings. The van der Waals surface area contributed by atoms with Crippen LogP contribution >= 0.6 is 0 Å². The molecular weight excluding hydrogens is 486 g/mol. The molecule has 2 atom stereocenters. The van der Waals surface area contributed by atoms with Crippen molar-refractivity contribution in [3.05, 3.63) is 96.1 Å². The van der Waals surface area contributed by atoms with E-state index in [0.717, 1.165) is 12.8 Å². The summed E-state index contributed by atoms with van der Waals surface area (Å²) in [6, 6.07) is 25.3. The van der Waals surface area contributed by atoms with E-state index in [9.17, 15) is 9.90 Å². The Labute approximate surface area is 234 Å². The molecule has 3 N–H and O–H groups in total. The average Bonchev–Trinajstić information content (AvgIpc) is 2.91. The molecule has 3 rings (SSSR count). The Kier molecular flexibility index (Phi) is 11.7. The number of amides is 1. The fourth-order valence-corrected chi connectivity index (χ4v) is 4.72. The Balaban J connectivity index is 1.82.